The lowest BCUT2D eigenvalue weighted by atomic mass is 9.80. The van der Waals surface area contributed by atoms with Crippen LogP contribution in [0.4, 0.5) is 0 Å². The second-order valence-corrected chi connectivity index (χ2v) is 6.32. The van der Waals surface area contributed by atoms with Gasteiger partial charge in [0.05, 0.1) is 13.0 Å². The van der Waals surface area contributed by atoms with Crippen LogP contribution in [0.5, 0.6) is 0 Å². The highest BCUT2D eigenvalue weighted by Crippen LogP contribution is 2.33. The zero-order chi connectivity index (χ0) is 17.4. The van der Waals surface area contributed by atoms with E-state index < -0.39 is 11.5 Å². The second-order valence-electron chi connectivity index (χ2n) is 6.32. The minimum atomic E-state index is -1.24. The third-order valence-electron chi connectivity index (χ3n) is 4.57. The van der Waals surface area contributed by atoms with Crippen molar-refractivity contribution < 1.29 is 14.6 Å². The average Bonchev–Trinajstić information content (AvgIpc) is 2.62. The molecule has 24 heavy (non-hydrogen) atoms. The Morgan fingerprint density at radius 1 is 1.04 bits per heavy atom. The number of hydrogen-bond donors (Lipinski definition) is 1. The Morgan fingerprint density at radius 2 is 1.62 bits per heavy atom. The third kappa shape index (κ3) is 4.68. The van der Waals surface area contributed by atoms with Gasteiger partial charge >= 0.3 is 5.97 Å². The van der Waals surface area contributed by atoms with E-state index in [2.05, 4.69) is 12.1 Å². The van der Waals surface area contributed by atoms with E-state index in [-0.39, 0.29) is 5.97 Å². The van der Waals surface area contributed by atoms with Gasteiger partial charge in [0, 0.05) is 0 Å². The fourth-order valence-corrected chi connectivity index (χ4v) is 3.07. The van der Waals surface area contributed by atoms with Gasteiger partial charge in [0.2, 0.25) is 0 Å². The first-order valence-electron chi connectivity index (χ1n) is 8.45. The molecule has 0 amide bonds. The molecule has 0 aliphatic rings. The Kier molecular flexibility index (Phi) is 6.56. The highest BCUT2D eigenvalue weighted by Gasteiger charge is 2.39. The van der Waals surface area contributed by atoms with Crippen molar-refractivity contribution in [2.45, 2.75) is 38.2 Å². The molecular formula is C21H26O3. The molecule has 2 aromatic carbocycles. The fourth-order valence-electron chi connectivity index (χ4n) is 3.07. The van der Waals surface area contributed by atoms with E-state index in [9.17, 15) is 9.90 Å². The summed E-state index contributed by atoms with van der Waals surface area (Å²) < 4.78 is 4.94. The molecule has 3 nitrogen and oxygen atoms in total. The molecule has 0 spiro atoms. The molecule has 0 aromatic heterocycles. The fraction of sp³-hybridized carbons (Fsp3) is 0.381. The molecule has 128 valence electrons. The quantitative estimate of drug-likeness (QED) is 0.587. The summed E-state index contributed by atoms with van der Waals surface area (Å²) in [7, 11) is 1.38. The molecule has 0 heterocycles. The number of aryl methyl sites for hydroxylation is 1. The Balaban J connectivity index is 1.99. The molecule has 2 rings (SSSR count). The number of rotatable bonds is 8. The molecular weight excluding hydrogens is 300 g/mol. The van der Waals surface area contributed by atoms with Crippen LogP contribution in [0.25, 0.3) is 0 Å². The number of benzene rings is 2. The lowest BCUT2D eigenvalue weighted by molar-refractivity contribution is -0.156. The van der Waals surface area contributed by atoms with Crippen LogP contribution in [-0.2, 0) is 21.6 Å². The van der Waals surface area contributed by atoms with Gasteiger partial charge in [0.1, 0.15) is 5.60 Å². The summed E-state index contributed by atoms with van der Waals surface area (Å²) >= 11 is 0. The molecule has 0 radical (unpaired) electrons. The van der Waals surface area contributed by atoms with Crippen LogP contribution >= 0.6 is 0 Å². The Bertz CT molecular complexity index is 620. The van der Waals surface area contributed by atoms with Crippen molar-refractivity contribution in [3.63, 3.8) is 0 Å². The summed E-state index contributed by atoms with van der Waals surface area (Å²) in [5, 5.41) is 11.0. The minimum absolute atomic E-state index is 0.358. The van der Waals surface area contributed by atoms with Crippen LogP contribution in [-0.4, -0.2) is 18.2 Å². The number of unbranched alkanes of at least 4 members (excludes halogenated alkanes) is 1. The van der Waals surface area contributed by atoms with Crippen molar-refractivity contribution >= 4 is 5.97 Å². The minimum Gasteiger partial charge on any atom is -0.469 e. The Hall–Kier alpha value is -2.13. The van der Waals surface area contributed by atoms with Gasteiger partial charge in [0.15, 0.2) is 0 Å². The molecule has 0 unspecified atom stereocenters. The predicted molar refractivity (Wildman–Crippen MR) is 95.5 cm³/mol. The monoisotopic (exact) mass is 326 g/mol. The predicted octanol–water partition coefficient (Wildman–Crippen LogP) is 4.10. The van der Waals surface area contributed by atoms with Crippen molar-refractivity contribution in [1.29, 1.82) is 0 Å². The third-order valence-corrected chi connectivity index (χ3v) is 4.57. The lowest BCUT2D eigenvalue weighted by Gasteiger charge is -2.31. The summed E-state index contributed by atoms with van der Waals surface area (Å²) in [6.45, 7) is 1.70. The highest BCUT2D eigenvalue weighted by atomic mass is 16.5. The van der Waals surface area contributed by atoms with Crippen molar-refractivity contribution in [2.24, 2.45) is 5.92 Å². The van der Waals surface area contributed by atoms with Crippen molar-refractivity contribution in [1.82, 2.24) is 0 Å². The zero-order valence-corrected chi connectivity index (χ0v) is 14.4. The van der Waals surface area contributed by atoms with Crippen LogP contribution in [0.2, 0.25) is 0 Å². The Morgan fingerprint density at radius 3 is 2.21 bits per heavy atom. The molecule has 1 N–H and O–H groups in total. The molecule has 2 atom stereocenters. The maximum Gasteiger partial charge on any atom is 0.311 e. The van der Waals surface area contributed by atoms with E-state index in [0.29, 0.717) is 6.42 Å². The number of carbonyl (C=O) groups is 1. The summed E-state index contributed by atoms with van der Waals surface area (Å²) in [4.78, 5) is 12.2. The summed E-state index contributed by atoms with van der Waals surface area (Å²) in [6, 6.07) is 19.6. The normalized spacial score (nSPS) is 14.6. The molecule has 0 aliphatic heterocycles. The van der Waals surface area contributed by atoms with E-state index in [4.69, 9.17) is 4.74 Å². The van der Waals surface area contributed by atoms with E-state index in [1.807, 2.05) is 48.5 Å². The van der Waals surface area contributed by atoms with Gasteiger partial charge in [-0.25, -0.2) is 0 Å². The number of hydrogen-bond acceptors (Lipinski definition) is 3. The lowest BCUT2D eigenvalue weighted by Crippen LogP contribution is -2.38. The molecule has 0 saturated heterocycles. The Labute approximate surface area is 144 Å². The standard InChI is InChI=1S/C21H26O3/c1-21(23,18-14-7-4-8-15-18)19(20(22)24-2)16-10-9-13-17-11-5-3-6-12-17/h3-8,11-12,14-15,19,23H,9-10,13,16H2,1-2H3/t19-,21-/m0/s1. The van der Waals surface area contributed by atoms with Gasteiger partial charge in [-0.2, -0.15) is 0 Å². The van der Waals surface area contributed by atoms with E-state index in [0.717, 1.165) is 24.8 Å². The molecule has 0 saturated carbocycles. The highest BCUT2D eigenvalue weighted by molar-refractivity contribution is 5.74. The number of carbonyl (C=O) groups excluding carboxylic acids is 1. The summed E-state index contributed by atoms with van der Waals surface area (Å²) in [5.74, 6) is -0.927. The van der Waals surface area contributed by atoms with Crippen molar-refractivity contribution in [3.05, 3.63) is 71.8 Å². The SMILES string of the molecule is COC(=O)[C@H](CCCCc1ccccc1)[C@@](C)(O)c1ccccc1. The van der Waals surface area contributed by atoms with E-state index in [1.165, 1.54) is 12.7 Å². The average molecular weight is 326 g/mol. The topological polar surface area (TPSA) is 46.5 Å². The van der Waals surface area contributed by atoms with Crippen molar-refractivity contribution in [2.75, 3.05) is 7.11 Å². The number of esters is 1. The molecule has 3 heteroatoms. The van der Waals surface area contributed by atoms with Crippen molar-refractivity contribution in [3.8, 4) is 0 Å². The summed E-state index contributed by atoms with van der Waals surface area (Å²) in [6.07, 6.45) is 3.41. The second kappa shape index (κ2) is 8.65. The van der Waals surface area contributed by atoms with E-state index in [1.54, 1.807) is 6.92 Å². The smallest absolute Gasteiger partial charge is 0.311 e. The van der Waals surface area contributed by atoms with Crippen LogP contribution in [0.1, 0.15) is 37.3 Å². The van der Waals surface area contributed by atoms with Crippen LogP contribution in [0.15, 0.2) is 60.7 Å². The van der Waals surface area contributed by atoms with Gasteiger partial charge in [-0.15, -0.1) is 0 Å². The van der Waals surface area contributed by atoms with Gasteiger partial charge < -0.3 is 9.84 Å². The van der Waals surface area contributed by atoms with Gasteiger partial charge in [-0.1, -0.05) is 67.1 Å². The first-order valence-corrected chi connectivity index (χ1v) is 8.45. The summed E-state index contributed by atoms with van der Waals surface area (Å²) in [5.41, 5.74) is 0.798. The van der Waals surface area contributed by atoms with Gasteiger partial charge in [-0.3, -0.25) is 4.79 Å². The first kappa shape index (κ1) is 18.2. The van der Waals surface area contributed by atoms with Gasteiger partial charge in [-0.05, 0) is 37.3 Å². The maximum atomic E-state index is 12.2. The molecule has 0 fully saturated rings. The number of aliphatic hydroxyl groups is 1. The van der Waals surface area contributed by atoms with Crippen LogP contribution in [0.3, 0.4) is 0 Å². The van der Waals surface area contributed by atoms with E-state index >= 15 is 0 Å². The molecule has 0 bridgehead atoms. The van der Waals surface area contributed by atoms with Crippen LogP contribution < -0.4 is 0 Å². The van der Waals surface area contributed by atoms with Gasteiger partial charge in [0.25, 0.3) is 0 Å². The maximum absolute atomic E-state index is 12.2. The number of methoxy groups -OCH3 is 1. The largest absolute Gasteiger partial charge is 0.469 e. The molecule has 0 aliphatic carbocycles. The first-order chi connectivity index (χ1) is 11.6. The van der Waals surface area contributed by atoms with Crippen LogP contribution in [0, 0.1) is 5.92 Å². The number of ether oxygens (including phenoxy) is 1. The zero-order valence-electron chi connectivity index (χ0n) is 14.4. The molecule has 2 aromatic rings.